The van der Waals surface area contributed by atoms with Crippen LogP contribution in [0.15, 0.2) is 6.07 Å². The molecule has 1 rings (SSSR count). The van der Waals surface area contributed by atoms with Gasteiger partial charge in [-0.2, -0.15) is 5.10 Å². The van der Waals surface area contributed by atoms with Crippen LogP contribution in [0.5, 0.6) is 0 Å². The van der Waals surface area contributed by atoms with Crippen molar-refractivity contribution in [3.05, 3.63) is 17.5 Å². The molecule has 0 spiro atoms. The molecule has 1 aromatic heterocycles. The number of hydrogen-bond donors (Lipinski definition) is 1. The number of nitrogens with zero attached hydrogens (tertiary/aromatic N) is 3. The lowest BCUT2D eigenvalue weighted by molar-refractivity contribution is 0.0729. The quantitative estimate of drug-likeness (QED) is 0.926. The van der Waals surface area contributed by atoms with Crippen LogP contribution in [0.25, 0.3) is 0 Å². The first-order valence-corrected chi connectivity index (χ1v) is 6.98. The van der Waals surface area contributed by atoms with Crippen LogP contribution in [0.2, 0.25) is 0 Å². The lowest BCUT2D eigenvalue weighted by atomic mass is 9.92. The van der Waals surface area contributed by atoms with Crippen LogP contribution in [0.3, 0.4) is 0 Å². The fraction of sp³-hybridized carbons (Fsp3) is 0.733. The zero-order chi connectivity index (χ0) is 15.7. The number of aryl methyl sites for hydroxylation is 1. The molecule has 0 atom stereocenters. The van der Waals surface area contributed by atoms with Crippen LogP contribution in [-0.2, 0) is 12.5 Å². The Balaban J connectivity index is 0.00000400. The van der Waals surface area contributed by atoms with Crippen LogP contribution in [-0.4, -0.2) is 40.7 Å². The molecule has 0 saturated carbocycles. The van der Waals surface area contributed by atoms with Gasteiger partial charge in [-0.3, -0.25) is 9.48 Å². The minimum atomic E-state index is -0.0874. The predicted molar refractivity (Wildman–Crippen MR) is 89.0 cm³/mol. The summed E-state index contributed by atoms with van der Waals surface area (Å²) >= 11 is 0. The van der Waals surface area contributed by atoms with E-state index in [0.717, 1.165) is 5.69 Å². The largest absolute Gasteiger partial charge is 0.340 e. The van der Waals surface area contributed by atoms with Crippen molar-refractivity contribution < 1.29 is 4.79 Å². The maximum Gasteiger partial charge on any atom is 0.271 e. The van der Waals surface area contributed by atoms with Crippen molar-refractivity contribution in [1.29, 1.82) is 0 Å². The van der Waals surface area contributed by atoms with E-state index >= 15 is 0 Å². The van der Waals surface area contributed by atoms with Gasteiger partial charge in [0.25, 0.3) is 5.91 Å². The van der Waals surface area contributed by atoms with Crippen LogP contribution < -0.4 is 5.73 Å². The monoisotopic (exact) mass is 316 g/mol. The van der Waals surface area contributed by atoms with Crippen molar-refractivity contribution in [1.82, 2.24) is 14.7 Å². The Morgan fingerprint density at radius 3 is 2.24 bits per heavy atom. The number of rotatable bonds is 4. The zero-order valence-corrected chi connectivity index (χ0v) is 15.0. The molecule has 122 valence electrons. The Bertz CT molecular complexity index is 488. The van der Waals surface area contributed by atoms with Crippen LogP contribution in [0, 0.1) is 5.41 Å². The van der Waals surface area contributed by atoms with Gasteiger partial charge in [0.15, 0.2) is 0 Å². The van der Waals surface area contributed by atoms with Gasteiger partial charge in [0.1, 0.15) is 5.69 Å². The van der Waals surface area contributed by atoms with Gasteiger partial charge in [-0.05, 0) is 18.0 Å². The lowest BCUT2D eigenvalue weighted by Crippen LogP contribution is -2.40. The average molecular weight is 317 g/mol. The Hall–Kier alpha value is -1.07. The molecular formula is C15H29ClN4O. The fourth-order valence-electron chi connectivity index (χ4n) is 2.01. The first kappa shape index (κ1) is 19.9. The molecule has 1 heterocycles. The molecule has 5 nitrogen and oxygen atoms in total. The minimum Gasteiger partial charge on any atom is -0.340 e. The summed E-state index contributed by atoms with van der Waals surface area (Å²) < 4.78 is 1.66. The van der Waals surface area contributed by atoms with E-state index in [2.05, 4.69) is 39.7 Å². The third-order valence-corrected chi connectivity index (χ3v) is 3.43. The summed E-state index contributed by atoms with van der Waals surface area (Å²) in [6.07, 6.45) is 0. The normalized spacial score (nSPS) is 12.0. The average Bonchev–Trinajstić information content (AvgIpc) is 2.69. The maximum atomic E-state index is 12.5. The van der Waals surface area contributed by atoms with Crippen molar-refractivity contribution in [2.75, 3.05) is 20.1 Å². The SMILES string of the molecule is CN(CC(C)(C)CN)C(=O)c1cc(C(C)(C)C)nn1C.Cl. The number of carbonyl (C=O) groups excluding carboxylic acids is 1. The number of nitrogens with two attached hydrogens (primary N) is 1. The number of aromatic nitrogens is 2. The molecule has 0 fully saturated rings. The number of amides is 1. The molecule has 0 aliphatic rings. The highest BCUT2D eigenvalue weighted by Crippen LogP contribution is 2.22. The molecule has 6 heteroatoms. The van der Waals surface area contributed by atoms with E-state index in [1.165, 1.54) is 0 Å². The van der Waals surface area contributed by atoms with Crippen LogP contribution >= 0.6 is 12.4 Å². The molecule has 0 saturated heterocycles. The van der Waals surface area contributed by atoms with Gasteiger partial charge in [-0.25, -0.2) is 0 Å². The van der Waals surface area contributed by atoms with Crippen molar-refractivity contribution in [2.45, 2.75) is 40.0 Å². The van der Waals surface area contributed by atoms with Crippen molar-refractivity contribution in [3.63, 3.8) is 0 Å². The van der Waals surface area contributed by atoms with Gasteiger partial charge in [0.2, 0.25) is 0 Å². The second kappa shape index (κ2) is 6.79. The van der Waals surface area contributed by atoms with Gasteiger partial charge in [-0.1, -0.05) is 34.6 Å². The molecule has 1 aromatic rings. The summed E-state index contributed by atoms with van der Waals surface area (Å²) in [5.74, 6) is -0.0166. The Morgan fingerprint density at radius 1 is 1.33 bits per heavy atom. The van der Waals surface area contributed by atoms with E-state index in [4.69, 9.17) is 5.73 Å². The molecule has 0 unspecified atom stereocenters. The fourth-order valence-corrected chi connectivity index (χ4v) is 2.01. The number of halogens is 1. The third-order valence-electron chi connectivity index (χ3n) is 3.43. The molecule has 1 amide bonds. The second-order valence-corrected chi connectivity index (χ2v) is 7.32. The molecule has 2 N–H and O–H groups in total. The third kappa shape index (κ3) is 5.00. The summed E-state index contributed by atoms with van der Waals surface area (Å²) in [5, 5.41) is 4.45. The minimum absolute atomic E-state index is 0. The lowest BCUT2D eigenvalue weighted by Gasteiger charge is -2.28. The maximum absolute atomic E-state index is 12.5. The summed E-state index contributed by atoms with van der Waals surface area (Å²) in [5.41, 5.74) is 7.12. The van der Waals surface area contributed by atoms with Gasteiger partial charge in [0.05, 0.1) is 5.69 Å². The van der Waals surface area contributed by atoms with Gasteiger partial charge < -0.3 is 10.6 Å². The van der Waals surface area contributed by atoms with Crippen molar-refractivity contribution in [3.8, 4) is 0 Å². The van der Waals surface area contributed by atoms with Gasteiger partial charge in [0, 0.05) is 26.1 Å². The topological polar surface area (TPSA) is 64.2 Å². The highest BCUT2D eigenvalue weighted by Gasteiger charge is 2.26. The van der Waals surface area contributed by atoms with E-state index in [1.807, 2.05) is 20.2 Å². The smallest absolute Gasteiger partial charge is 0.271 e. The van der Waals surface area contributed by atoms with E-state index in [9.17, 15) is 4.79 Å². The zero-order valence-electron chi connectivity index (χ0n) is 14.2. The van der Waals surface area contributed by atoms with Crippen LogP contribution in [0.1, 0.15) is 50.8 Å². The van der Waals surface area contributed by atoms with Crippen LogP contribution in [0.4, 0.5) is 0 Å². The Labute approximate surface area is 134 Å². The Kier molecular flexibility index (Phi) is 6.45. The van der Waals surface area contributed by atoms with Crippen molar-refractivity contribution >= 4 is 18.3 Å². The molecule has 21 heavy (non-hydrogen) atoms. The molecule has 0 bridgehead atoms. The summed E-state index contributed by atoms with van der Waals surface area (Å²) in [6.45, 7) is 11.5. The molecule has 0 aliphatic heterocycles. The Morgan fingerprint density at radius 2 is 1.86 bits per heavy atom. The van der Waals surface area contributed by atoms with E-state index < -0.39 is 0 Å². The first-order chi connectivity index (χ1) is 8.98. The van der Waals surface area contributed by atoms with Gasteiger partial charge >= 0.3 is 0 Å². The van der Waals surface area contributed by atoms with E-state index in [-0.39, 0.29) is 29.1 Å². The molecule has 0 aliphatic carbocycles. The molecule has 0 aromatic carbocycles. The number of hydrogen-bond acceptors (Lipinski definition) is 3. The summed E-state index contributed by atoms with van der Waals surface area (Å²) in [6, 6.07) is 1.88. The first-order valence-electron chi connectivity index (χ1n) is 6.98. The van der Waals surface area contributed by atoms with E-state index in [1.54, 1.807) is 9.58 Å². The van der Waals surface area contributed by atoms with Crippen molar-refractivity contribution in [2.24, 2.45) is 18.2 Å². The van der Waals surface area contributed by atoms with E-state index in [0.29, 0.717) is 18.8 Å². The molecule has 0 radical (unpaired) electrons. The van der Waals surface area contributed by atoms with Gasteiger partial charge in [-0.15, -0.1) is 12.4 Å². The number of carbonyl (C=O) groups is 1. The summed E-state index contributed by atoms with van der Waals surface area (Å²) in [7, 11) is 3.62. The predicted octanol–water partition coefficient (Wildman–Crippen LogP) is 2.20. The summed E-state index contributed by atoms with van der Waals surface area (Å²) in [4.78, 5) is 14.2. The standard InChI is InChI=1S/C15H28N4O.ClH/c1-14(2,3)12-8-11(19(7)17-12)13(20)18(6)10-15(4,5)9-16;/h8H,9-10,16H2,1-7H3;1H. The second-order valence-electron chi connectivity index (χ2n) is 7.32. The highest BCUT2D eigenvalue weighted by molar-refractivity contribution is 5.92. The highest BCUT2D eigenvalue weighted by atomic mass is 35.5. The molecular weight excluding hydrogens is 288 g/mol.